The van der Waals surface area contributed by atoms with E-state index in [0.29, 0.717) is 6.61 Å². The van der Waals surface area contributed by atoms with Crippen molar-refractivity contribution >= 4 is 27.7 Å². The summed E-state index contributed by atoms with van der Waals surface area (Å²) in [4.78, 5) is 20.6. The minimum Gasteiger partial charge on any atom is -0.466 e. The molecule has 0 spiro atoms. The molecule has 0 heterocycles. The molecule has 0 aliphatic rings. The summed E-state index contributed by atoms with van der Waals surface area (Å²) in [6.07, 6.45) is -0.103. The SMILES string of the molecule is CBr.CCOC(=O)CC(C)=O. The lowest BCUT2D eigenvalue weighted by Crippen LogP contribution is -2.07. The fourth-order valence-corrected chi connectivity index (χ4v) is 0.415. The number of rotatable bonds is 3. The summed E-state index contributed by atoms with van der Waals surface area (Å²) in [6.45, 7) is 3.40. The third-order valence-electron chi connectivity index (χ3n) is 0.699. The van der Waals surface area contributed by atoms with E-state index < -0.39 is 5.97 Å². The molecule has 3 nitrogen and oxygen atoms in total. The second-order valence-electron chi connectivity index (χ2n) is 1.68. The summed E-state index contributed by atoms with van der Waals surface area (Å²) in [5.74, 6) is 1.21. The number of halogens is 1. The van der Waals surface area contributed by atoms with Crippen molar-refractivity contribution < 1.29 is 14.3 Å². The van der Waals surface area contributed by atoms with Crippen molar-refractivity contribution in [2.75, 3.05) is 12.4 Å². The van der Waals surface area contributed by atoms with E-state index in [4.69, 9.17) is 0 Å². The topological polar surface area (TPSA) is 43.4 Å². The highest BCUT2D eigenvalue weighted by Gasteiger charge is 2.03. The molecule has 0 amide bonds. The first-order valence-electron chi connectivity index (χ1n) is 3.19. The molecule has 0 rings (SSSR count). The largest absolute Gasteiger partial charge is 0.466 e. The van der Waals surface area contributed by atoms with Crippen LogP contribution in [-0.4, -0.2) is 24.2 Å². The Morgan fingerprint density at radius 3 is 2.09 bits per heavy atom. The van der Waals surface area contributed by atoms with Crippen LogP contribution in [0.2, 0.25) is 0 Å². The van der Waals surface area contributed by atoms with E-state index in [1.807, 2.05) is 5.83 Å². The molecule has 66 valence electrons. The van der Waals surface area contributed by atoms with Crippen molar-refractivity contribution in [3.8, 4) is 0 Å². The van der Waals surface area contributed by atoms with Gasteiger partial charge in [0.15, 0.2) is 0 Å². The Labute approximate surface area is 75.2 Å². The van der Waals surface area contributed by atoms with E-state index in [-0.39, 0.29) is 12.2 Å². The van der Waals surface area contributed by atoms with Gasteiger partial charge in [-0.15, -0.1) is 0 Å². The van der Waals surface area contributed by atoms with Crippen LogP contribution in [-0.2, 0) is 14.3 Å². The third-order valence-corrected chi connectivity index (χ3v) is 0.699. The molecule has 0 aliphatic carbocycles. The number of ketones is 1. The van der Waals surface area contributed by atoms with Crippen LogP contribution in [0.5, 0.6) is 0 Å². The molecule has 0 N–H and O–H groups in total. The average Bonchev–Trinajstić information content (AvgIpc) is 1.91. The number of hydrogen-bond acceptors (Lipinski definition) is 3. The fraction of sp³-hybridized carbons (Fsp3) is 0.714. The van der Waals surface area contributed by atoms with E-state index in [1.165, 1.54) is 6.92 Å². The third kappa shape index (κ3) is 12.7. The molecule has 0 fully saturated rings. The summed E-state index contributed by atoms with van der Waals surface area (Å²) in [6, 6.07) is 0. The van der Waals surface area contributed by atoms with Gasteiger partial charge in [-0.25, -0.2) is 0 Å². The molecule has 0 unspecified atom stereocenters. The van der Waals surface area contributed by atoms with Crippen molar-refractivity contribution in [3.63, 3.8) is 0 Å². The number of carbonyl (C=O) groups is 2. The molecule has 0 aromatic heterocycles. The Hall–Kier alpha value is -0.380. The molecule has 0 bridgehead atoms. The Kier molecular flexibility index (Phi) is 11.6. The van der Waals surface area contributed by atoms with Gasteiger partial charge in [0, 0.05) is 0 Å². The van der Waals surface area contributed by atoms with Crippen molar-refractivity contribution in [1.82, 2.24) is 0 Å². The van der Waals surface area contributed by atoms with Crippen LogP contribution in [0.25, 0.3) is 0 Å². The lowest BCUT2D eigenvalue weighted by molar-refractivity contribution is -0.145. The number of esters is 1. The van der Waals surface area contributed by atoms with Crippen LogP contribution in [0.4, 0.5) is 0 Å². The molecule has 0 saturated carbocycles. The highest BCUT2D eigenvalue weighted by Crippen LogP contribution is 1.86. The molecule has 0 aromatic carbocycles. The maximum atomic E-state index is 10.4. The van der Waals surface area contributed by atoms with E-state index in [9.17, 15) is 9.59 Å². The van der Waals surface area contributed by atoms with Crippen LogP contribution in [0, 0.1) is 0 Å². The second-order valence-corrected chi connectivity index (χ2v) is 1.68. The van der Waals surface area contributed by atoms with Crippen LogP contribution < -0.4 is 0 Å². The monoisotopic (exact) mass is 224 g/mol. The molecule has 0 aromatic rings. The summed E-state index contributed by atoms with van der Waals surface area (Å²) in [7, 11) is 0. The first-order valence-corrected chi connectivity index (χ1v) is 4.78. The quantitative estimate of drug-likeness (QED) is 0.415. The van der Waals surface area contributed by atoms with Crippen molar-refractivity contribution in [2.45, 2.75) is 20.3 Å². The minimum absolute atomic E-state index is 0.103. The van der Waals surface area contributed by atoms with Crippen LogP contribution in [0.3, 0.4) is 0 Å². The number of carbonyl (C=O) groups excluding carboxylic acids is 2. The number of Topliss-reactive ketones (excluding diaryl/α,β-unsaturated/α-hetero) is 1. The zero-order valence-electron chi connectivity index (χ0n) is 7.02. The predicted molar refractivity (Wildman–Crippen MR) is 46.8 cm³/mol. The molecule has 11 heavy (non-hydrogen) atoms. The normalized spacial score (nSPS) is 7.64. The summed E-state index contributed by atoms with van der Waals surface area (Å²) >= 11 is 2.94. The van der Waals surface area contributed by atoms with E-state index in [1.54, 1.807) is 6.92 Å². The molecule has 0 saturated heterocycles. The fourth-order valence-electron chi connectivity index (χ4n) is 0.415. The molecular weight excluding hydrogens is 212 g/mol. The van der Waals surface area contributed by atoms with Gasteiger partial charge in [0.05, 0.1) is 6.61 Å². The highest BCUT2D eigenvalue weighted by molar-refractivity contribution is 9.08. The summed E-state index contributed by atoms with van der Waals surface area (Å²) < 4.78 is 4.49. The molecular formula is C7H13BrO3. The predicted octanol–water partition coefficient (Wildman–Crippen LogP) is 1.54. The highest BCUT2D eigenvalue weighted by atomic mass is 79.9. The van der Waals surface area contributed by atoms with Gasteiger partial charge in [0.25, 0.3) is 0 Å². The molecule has 0 aliphatic heterocycles. The van der Waals surface area contributed by atoms with Gasteiger partial charge < -0.3 is 4.74 Å². The Morgan fingerprint density at radius 2 is 1.82 bits per heavy atom. The van der Waals surface area contributed by atoms with E-state index >= 15 is 0 Å². The maximum Gasteiger partial charge on any atom is 0.313 e. The number of ether oxygens (including phenoxy) is 1. The van der Waals surface area contributed by atoms with Gasteiger partial charge in [-0.3, -0.25) is 9.59 Å². The minimum atomic E-state index is -0.440. The first-order chi connectivity index (χ1) is 5.16. The van der Waals surface area contributed by atoms with Gasteiger partial charge in [-0.1, -0.05) is 15.9 Å². The van der Waals surface area contributed by atoms with Gasteiger partial charge in [-0.05, 0) is 19.7 Å². The van der Waals surface area contributed by atoms with E-state index in [2.05, 4.69) is 20.7 Å². The van der Waals surface area contributed by atoms with E-state index in [0.717, 1.165) is 0 Å². The van der Waals surface area contributed by atoms with Crippen LogP contribution >= 0.6 is 15.9 Å². The average molecular weight is 225 g/mol. The van der Waals surface area contributed by atoms with Gasteiger partial charge in [0.2, 0.25) is 0 Å². The Bertz CT molecular complexity index is 123. The first kappa shape index (κ1) is 13.2. The van der Waals surface area contributed by atoms with Gasteiger partial charge >= 0.3 is 5.97 Å². The molecule has 4 heteroatoms. The zero-order valence-corrected chi connectivity index (χ0v) is 8.60. The van der Waals surface area contributed by atoms with Crippen molar-refractivity contribution in [2.24, 2.45) is 0 Å². The lowest BCUT2D eigenvalue weighted by Gasteiger charge is -1.96. The van der Waals surface area contributed by atoms with Crippen molar-refractivity contribution in [3.05, 3.63) is 0 Å². The maximum absolute atomic E-state index is 10.4. The molecule has 0 radical (unpaired) electrons. The van der Waals surface area contributed by atoms with Gasteiger partial charge in [-0.2, -0.15) is 0 Å². The van der Waals surface area contributed by atoms with Gasteiger partial charge in [0.1, 0.15) is 12.2 Å². The standard InChI is InChI=1S/C6H10O3.CH3Br/c1-3-9-6(8)4-5(2)7;1-2/h3-4H2,1-2H3;1H3. The lowest BCUT2D eigenvalue weighted by atomic mass is 10.3. The zero-order chi connectivity index (χ0) is 9.28. The Morgan fingerprint density at radius 1 is 1.36 bits per heavy atom. The Balaban J connectivity index is 0. The van der Waals surface area contributed by atoms with Crippen molar-refractivity contribution in [1.29, 1.82) is 0 Å². The smallest absolute Gasteiger partial charge is 0.313 e. The number of hydrogen-bond donors (Lipinski definition) is 0. The molecule has 0 atom stereocenters. The second kappa shape index (κ2) is 9.62. The van der Waals surface area contributed by atoms with Crippen LogP contribution in [0.15, 0.2) is 0 Å². The van der Waals surface area contributed by atoms with Crippen LogP contribution in [0.1, 0.15) is 20.3 Å². The number of alkyl halides is 1. The summed E-state index contributed by atoms with van der Waals surface area (Å²) in [5.41, 5.74) is 0. The summed E-state index contributed by atoms with van der Waals surface area (Å²) in [5, 5.41) is 0.